The van der Waals surface area contributed by atoms with Gasteiger partial charge in [0.2, 0.25) is 0 Å². The van der Waals surface area contributed by atoms with E-state index < -0.39 is 23.4 Å². The van der Waals surface area contributed by atoms with Gasteiger partial charge in [-0.1, -0.05) is 6.92 Å². The van der Waals surface area contributed by atoms with E-state index in [4.69, 9.17) is 9.47 Å². The van der Waals surface area contributed by atoms with Crippen molar-refractivity contribution in [3.63, 3.8) is 0 Å². The van der Waals surface area contributed by atoms with E-state index in [0.717, 1.165) is 0 Å². The number of alkyl carbamates (subject to hydrolysis) is 1. The summed E-state index contributed by atoms with van der Waals surface area (Å²) >= 11 is 0. The molecule has 1 aromatic heterocycles. The molecule has 0 radical (unpaired) electrons. The maximum atomic E-state index is 12.9. The zero-order valence-corrected chi connectivity index (χ0v) is 20.1. The van der Waals surface area contributed by atoms with Gasteiger partial charge in [-0.2, -0.15) is 0 Å². The number of amides is 2. The number of ketones is 1. The zero-order valence-electron chi connectivity index (χ0n) is 20.1. The molecule has 0 saturated heterocycles. The molecule has 0 aliphatic carbocycles. The summed E-state index contributed by atoms with van der Waals surface area (Å²) in [6.07, 6.45) is 1.79. The minimum absolute atomic E-state index is 0.161. The van der Waals surface area contributed by atoms with Gasteiger partial charge in [-0.25, -0.2) is 14.6 Å². The molecule has 8 heteroatoms. The normalized spacial score (nSPS) is 12.6. The molecule has 1 N–H and O–H groups in total. The number of hydrogen-bond acceptors (Lipinski definition) is 6. The van der Waals surface area contributed by atoms with Gasteiger partial charge in [-0.15, -0.1) is 0 Å². The van der Waals surface area contributed by atoms with Gasteiger partial charge in [0, 0.05) is 25.2 Å². The van der Waals surface area contributed by atoms with Crippen molar-refractivity contribution in [3.05, 3.63) is 23.9 Å². The van der Waals surface area contributed by atoms with Crippen molar-refractivity contribution >= 4 is 23.8 Å². The van der Waals surface area contributed by atoms with Crippen molar-refractivity contribution in [3.8, 4) is 0 Å². The molecule has 1 rings (SSSR count). The average molecular weight is 436 g/mol. The number of nitrogens with one attached hydrogen (secondary N) is 1. The van der Waals surface area contributed by atoms with Crippen LogP contribution in [-0.4, -0.2) is 46.7 Å². The minimum atomic E-state index is -0.672. The SMILES string of the molecule is CC[C@@H](C)N(C(=O)OC(C)(C)C)c1ncccc1C(=O)CCCNC(=O)OC(C)(C)C. The molecule has 0 aliphatic rings. The van der Waals surface area contributed by atoms with Crippen molar-refractivity contribution in [1.29, 1.82) is 0 Å². The summed E-state index contributed by atoms with van der Waals surface area (Å²) in [5, 5.41) is 2.64. The van der Waals surface area contributed by atoms with Crippen molar-refractivity contribution in [2.24, 2.45) is 0 Å². The lowest BCUT2D eigenvalue weighted by Gasteiger charge is -2.31. The fraction of sp³-hybridized carbons (Fsp3) is 0.652. The number of carbonyl (C=O) groups excluding carboxylic acids is 3. The molecule has 0 aromatic carbocycles. The van der Waals surface area contributed by atoms with E-state index in [0.29, 0.717) is 24.9 Å². The van der Waals surface area contributed by atoms with E-state index >= 15 is 0 Å². The van der Waals surface area contributed by atoms with Gasteiger partial charge in [0.05, 0.1) is 5.56 Å². The maximum absolute atomic E-state index is 12.9. The summed E-state index contributed by atoms with van der Waals surface area (Å²) in [7, 11) is 0. The third-order valence-corrected chi connectivity index (χ3v) is 4.19. The minimum Gasteiger partial charge on any atom is -0.444 e. The first-order valence-corrected chi connectivity index (χ1v) is 10.7. The molecular weight excluding hydrogens is 398 g/mol. The van der Waals surface area contributed by atoms with E-state index in [-0.39, 0.29) is 24.1 Å². The molecule has 0 fully saturated rings. The Hall–Kier alpha value is -2.64. The quantitative estimate of drug-likeness (QED) is 0.450. The molecular formula is C23H37N3O5. The molecule has 0 bridgehead atoms. The summed E-state index contributed by atoms with van der Waals surface area (Å²) in [5.41, 5.74) is -0.897. The molecule has 1 heterocycles. The first-order chi connectivity index (χ1) is 14.2. The van der Waals surface area contributed by atoms with Crippen LogP contribution in [0.3, 0.4) is 0 Å². The van der Waals surface area contributed by atoms with Gasteiger partial charge in [0.15, 0.2) is 5.78 Å². The Morgan fingerprint density at radius 3 is 2.26 bits per heavy atom. The Kier molecular flexibility index (Phi) is 9.46. The molecule has 8 nitrogen and oxygen atoms in total. The third kappa shape index (κ3) is 9.36. The van der Waals surface area contributed by atoms with Crippen LogP contribution in [0.1, 0.15) is 85.0 Å². The van der Waals surface area contributed by atoms with Crippen LogP contribution in [0, 0.1) is 0 Å². The molecule has 31 heavy (non-hydrogen) atoms. The number of aromatic nitrogens is 1. The van der Waals surface area contributed by atoms with Crippen molar-refractivity contribution in [1.82, 2.24) is 10.3 Å². The Morgan fingerprint density at radius 2 is 1.71 bits per heavy atom. The molecule has 1 atom stereocenters. The van der Waals surface area contributed by atoms with E-state index in [9.17, 15) is 14.4 Å². The molecule has 174 valence electrons. The number of carbonyl (C=O) groups is 3. The Balaban J connectivity index is 2.91. The summed E-state index contributed by atoms with van der Waals surface area (Å²) in [6.45, 7) is 14.9. The molecule has 1 aromatic rings. The van der Waals surface area contributed by atoms with Crippen LogP contribution in [0.15, 0.2) is 18.3 Å². The highest BCUT2D eigenvalue weighted by Crippen LogP contribution is 2.25. The van der Waals surface area contributed by atoms with Crippen LogP contribution in [0.4, 0.5) is 15.4 Å². The summed E-state index contributed by atoms with van der Waals surface area (Å²) in [4.78, 5) is 43.3. The lowest BCUT2D eigenvalue weighted by molar-refractivity contribution is 0.0522. The monoisotopic (exact) mass is 435 g/mol. The van der Waals surface area contributed by atoms with Crippen LogP contribution in [0.25, 0.3) is 0 Å². The van der Waals surface area contributed by atoms with Crippen LogP contribution < -0.4 is 10.2 Å². The topological polar surface area (TPSA) is 97.8 Å². The largest absolute Gasteiger partial charge is 0.444 e. The number of ether oxygens (including phenoxy) is 2. The number of nitrogens with zero attached hydrogens (tertiary/aromatic N) is 2. The Labute approximate surface area is 185 Å². The van der Waals surface area contributed by atoms with Crippen LogP contribution in [0.2, 0.25) is 0 Å². The molecule has 0 saturated carbocycles. The Morgan fingerprint density at radius 1 is 1.10 bits per heavy atom. The fourth-order valence-corrected chi connectivity index (χ4v) is 2.66. The fourth-order valence-electron chi connectivity index (χ4n) is 2.66. The number of rotatable bonds is 8. The van der Waals surface area contributed by atoms with Crippen molar-refractivity contribution < 1.29 is 23.9 Å². The van der Waals surface area contributed by atoms with Gasteiger partial charge in [-0.05, 0) is 73.4 Å². The van der Waals surface area contributed by atoms with E-state index in [1.807, 2.05) is 13.8 Å². The van der Waals surface area contributed by atoms with Crippen LogP contribution in [-0.2, 0) is 9.47 Å². The number of hydrogen-bond donors (Lipinski definition) is 1. The van der Waals surface area contributed by atoms with Gasteiger partial charge >= 0.3 is 12.2 Å². The molecule has 2 amide bonds. The summed E-state index contributed by atoms with van der Waals surface area (Å²) < 4.78 is 10.7. The van der Waals surface area contributed by atoms with Crippen LogP contribution >= 0.6 is 0 Å². The second-order valence-electron chi connectivity index (χ2n) is 9.44. The first kappa shape index (κ1) is 26.4. The molecule has 0 unspecified atom stereocenters. The number of Topliss-reactive ketones (excluding diaryl/α,β-unsaturated/α-hetero) is 1. The second-order valence-corrected chi connectivity index (χ2v) is 9.44. The standard InChI is InChI=1S/C23H37N3O5/c1-9-16(2)26(21(29)31-23(6,7)8)19-17(12-10-14-24-19)18(27)13-11-15-25-20(28)30-22(3,4)5/h10,12,14,16H,9,11,13,15H2,1-8H3,(H,25,28)/t16-/m1/s1. The second kappa shape index (κ2) is 11.1. The predicted octanol–water partition coefficient (Wildman–Crippen LogP) is 5.11. The maximum Gasteiger partial charge on any atom is 0.416 e. The van der Waals surface area contributed by atoms with Gasteiger partial charge in [-0.3, -0.25) is 9.69 Å². The first-order valence-electron chi connectivity index (χ1n) is 10.7. The number of pyridine rings is 1. The van der Waals surface area contributed by atoms with Gasteiger partial charge in [0.25, 0.3) is 0 Å². The predicted molar refractivity (Wildman–Crippen MR) is 121 cm³/mol. The van der Waals surface area contributed by atoms with Crippen LogP contribution in [0.5, 0.6) is 0 Å². The summed E-state index contributed by atoms with van der Waals surface area (Å²) in [5.74, 6) is 0.127. The number of anilines is 1. The van der Waals surface area contributed by atoms with E-state index in [1.165, 1.54) is 4.90 Å². The lowest BCUT2D eigenvalue weighted by Crippen LogP contribution is -2.43. The highest BCUT2D eigenvalue weighted by molar-refractivity contribution is 6.03. The van der Waals surface area contributed by atoms with Gasteiger partial charge < -0.3 is 14.8 Å². The van der Waals surface area contributed by atoms with E-state index in [2.05, 4.69) is 10.3 Å². The highest BCUT2D eigenvalue weighted by atomic mass is 16.6. The molecule has 0 aliphatic heterocycles. The average Bonchev–Trinajstić information content (AvgIpc) is 2.62. The smallest absolute Gasteiger partial charge is 0.416 e. The molecule has 0 spiro atoms. The van der Waals surface area contributed by atoms with Crippen molar-refractivity contribution in [2.45, 2.75) is 91.9 Å². The third-order valence-electron chi connectivity index (χ3n) is 4.19. The highest BCUT2D eigenvalue weighted by Gasteiger charge is 2.30. The zero-order chi connectivity index (χ0) is 23.8. The van der Waals surface area contributed by atoms with Gasteiger partial charge in [0.1, 0.15) is 17.0 Å². The summed E-state index contributed by atoms with van der Waals surface area (Å²) in [6, 6.07) is 3.12. The Bertz CT molecular complexity index is 765. The van der Waals surface area contributed by atoms with Crippen molar-refractivity contribution in [2.75, 3.05) is 11.4 Å². The lowest BCUT2D eigenvalue weighted by atomic mass is 10.1. The van der Waals surface area contributed by atoms with E-state index in [1.54, 1.807) is 59.9 Å².